The predicted octanol–water partition coefficient (Wildman–Crippen LogP) is 2.31. The number of hydrogen-bond donors (Lipinski definition) is 1. The molecule has 1 aromatic carbocycles. The fourth-order valence-electron chi connectivity index (χ4n) is 3.48. The molecule has 30 heavy (non-hydrogen) atoms. The quantitative estimate of drug-likeness (QED) is 0.708. The maximum atomic E-state index is 12.8. The molecule has 1 N–H and O–H groups in total. The zero-order valence-electron chi connectivity index (χ0n) is 16.2. The van der Waals surface area contributed by atoms with Gasteiger partial charge in [-0.3, -0.25) is 4.79 Å². The Bertz CT molecular complexity index is 1040. The van der Waals surface area contributed by atoms with Gasteiger partial charge in [-0.2, -0.15) is 0 Å². The van der Waals surface area contributed by atoms with E-state index < -0.39 is 0 Å². The Balaban J connectivity index is 1.19. The van der Waals surface area contributed by atoms with Gasteiger partial charge in [0.2, 0.25) is 6.79 Å². The van der Waals surface area contributed by atoms with E-state index in [1.165, 1.54) is 0 Å². The minimum Gasteiger partial charge on any atom is -0.454 e. The van der Waals surface area contributed by atoms with Crippen molar-refractivity contribution in [2.24, 2.45) is 0 Å². The van der Waals surface area contributed by atoms with E-state index in [-0.39, 0.29) is 12.7 Å². The largest absolute Gasteiger partial charge is 0.454 e. The summed E-state index contributed by atoms with van der Waals surface area (Å²) in [4.78, 5) is 21.0. The summed E-state index contributed by atoms with van der Waals surface area (Å²) in [5.74, 6) is 3.43. The number of aromatic nitrogens is 3. The summed E-state index contributed by atoms with van der Waals surface area (Å²) in [6.45, 7) is 2.81. The van der Waals surface area contributed by atoms with Gasteiger partial charge in [-0.15, -0.1) is 10.2 Å². The third-order valence-corrected chi connectivity index (χ3v) is 5.08. The molecular weight excluding hydrogens is 384 g/mol. The summed E-state index contributed by atoms with van der Waals surface area (Å²) in [5.41, 5.74) is 0.609. The van der Waals surface area contributed by atoms with E-state index in [1.807, 2.05) is 35.2 Å². The van der Waals surface area contributed by atoms with Crippen molar-refractivity contribution in [3.05, 3.63) is 60.3 Å². The molecule has 2 aromatic heterocycles. The Labute approximate surface area is 173 Å². The Morgan fingerprint density at radius 1 is 0.900 bits per heavy atom. The van der Waals surface area contributed by atoms with Gasteiger partial charge in [0.25, 0.3) is 5.91 Å². The first-order valence-corrected chi connectivity index (χ1v) is 9.72. The van der Waals surface area contributed by atoms with Gasteiger partial charge in [-0.1, -0.05) is 6.07 Å². The standard InChI is InChI=1S/C21H20N6O3/c28-21(15-4-5-16-17(13-15)30-14-29-16)27-11-9-26(10-12-27)20-7-6-19(24-25-20)23-18-3-1-2-8-22-18/h1-8,13H,9-12,14H2,(H,22,23,24). The van der Waals surface area contributed by atoms with Gasteiger partial charge >= 0.3 is 0 Å². The van der Waals surface area contributed by atoms with Crippen molar-refractivity contribution in [1.29, 1.82) is 0 Å². The Morgan fingerprint density at radius 2 is 1.77 bits per heavy atom. The van der Waals surface area contributed by atoms with Crippen LogP contribution in [-0.2, 0) is 0 Å². The number of ether oxygens (including phenoxy) is 2. The number of hydrogen-bond acceptors (Lipinski definition) is 8. The average Bonchev–Trinajstić information content (AvgIpc) is 3.28. The molecular formula is C21H20N6O3. The lowest BCUT2D eigenvalue weighted by Crippen LogP contribution is -2.49. The van der Waals surface area contributed by atoms with Crippen molar-refractivity contribution in [2.75, 3.05) is 43.2 Å². The van der Waals surface area contributed by atoms with Crippen LogP contribution in [-0.4, -0.2) is 59.0 Å². The number of amides is 1. The molecule has 0 unspecified atom stereocenters. The summed E-state index contributed by atoms with van der Waals surface area (Å²) < 4.78 is 10.7. The summed E-state index contributed by atoms with van der Waals surface area (Å²) in [7, 11) is 0. The van der Waals surface area contributed by atoms with Crippen molar-refractivity contribution < 1.29 is 14.3 Å². The molecule has 0 atom stereocenters. The van der Waals surface area contributed by atoms with Crippen LogP contribution in [0.2, 0.25) is 0 Å². The number of piperazine rings is 1. The van der Waals surface area contributed by atoms with Crippen LogP contribution < -0.4 is 19.7 Å². The minimum absolute atomic E-state index is 0.00561. The number of benzene rings is 1. The molecule has 9 heteroatoms. The first-order valence-electron chi connectivity index (χ1n) is 9.72. The normalized spacial score (nSPS) is 15.2. The summed E-state index contributed by atoms with van der Waals surface area (Å²) in [6.07, 6.45) is 1.72. The van der Waals surface area contributed by atoms with Crippen molar-refractivity contribution in [2.45, 2.75) is 0 Å². The number of rotatable bonds is 4. The molecule has 0 spiro atoms. The van der Waals surface area contributed by atoms with E-state index in [0.717, 1.165) is 11.6 Å². The fraction of sp³-hybridized carbons (Fsp3) is 0.238. The van der Waals surface area contributed by atoms with Gasteiger partial charge < -0.3 is 24.6 Å². The zero-order valence-corrected chi connectivity index (χ0v) is 16.2. The molecule has 0 radical (unpaired) electrons. The van der Waals surface area contributed by atoms with Gasteiger partial charge in [0.1, 0.15) is 5.82 Å². The van der Waals surface area contributed by atoms with Crippen LogP contribution in [0.15, 0.2) is 54.7 Å². The van der Waals surface area contributed by atoms with E-state index in [0.29, 0.717) is 49.1 Å². The Hall–Kier alpha value is -3.88. The molecule has 9 nitrogen and oxygen atoms in total. The Kier molecular flexibility index (Phi) is 4.76. The third kappa shape index (κ3) is 3.69. The van der Waals surface area contributed by atoms with Crippen molar-refractivity contribution in [3.63, 3.8) is 0 Å². The third-order valence-electron chi connectivity index (χ3n) is 5.08. The minimum atomic E-state index is -0.00561. The van der Waals surface area contributed by atoms with E-state index in [1.54, 1.807) is 24.4 Å². The van der Waals surface area contributed by atoms with Crippen LogP contribution in [0.5, 0.6) is 11.5 Å². The molecule has 1 saturated heterocycles. The highest BCUT2D eigenvalue weighted by Gasteiger charge is 2.24. The van der Waals surface area contributed by atoms with Gasteiger partial charge in [0.05, 0.1) is 0 Å². The highest BCUT2D eigenvalue weighted by atomic mass is 16.7. The van der Waals surface area contributed by atoms with E-state index in [2.05, 4.69) is 25.4 Å². The molecule has 3 aromatic rings. The van der Waals surface area contributed by atoms with Crippen LogP contribution in [0.1, 0.15) is 10.4 Å². The predicted molar refractivity (Wildman–Crippen MR) is 110 cm³/mol. The molecule has 1 fully saturated rings. The molecule has 0 bridgehead atoms. The van der Waals surface area contributed by atoms with Crippen LogP contribution in [0.3, 0.4) is 0 Å². The average molecular weight is 404 g/mol. The first-order chi connectivity index (χ1) is 14.8. The van der Waals surface area contributed by atoms with Gasteiger partial charge in [0.15, 0.2) is 23.1 Å². The monoisotopic (exact) mass is 404 g/mol. The van der Waals surface area contributed by atoms with E-state index in [9.17, 15) is 4.79 Å². The molecule has 1 amide bonds. The fourth-order valence-corrected chi connectivity index (χ4v) is 3.48. The maximum Gasteiger partial charge on any atom is 0.254 e. The SMILES string of the molecule is O=C(c1ccc2c(c1)OCO2)N1CCN(c2ccc(Nc3ccccn3)nn2)CC1. The lowest BCUT2D eigenvalue weighted by Gasteiger charge is -2.35. The van der Waals surface area contributed by atoms with Crippen LogP contribution in [0.25, 0.3) is 0 Å². The molecule has 2 aliphatic rings. The van der Waals surface area contributed by atoms with Crippen molar-refractivity contribution in [3.8, 4) is 11.5 Å². The smallest absolute Gasteiger partial charge is 0.254 e. The molecule has 2 aliphatic heterocycles. The highest BCUT2D eigenvalue weighted by molar-refractivity contribution is 5.95. The molecule has 4 heterocycles. The van der Waals surface area contributed by atoms with E-state index in [4.69, 9.17) is 9.47 Å². The van der Waals surface area contributed by atoms with Gasteiger partial charge in [-0.05, 0) is 42.5 Å². The number of anilines is 3. The zero-order chi connectivity index (χ0) is 20.3. The topological polar surface area (TPSA) is 92.7 Å². The lowest BCUT2D eigenvalue weighted by molar-refractivity contribution is 0.0746. The first kappa shape index (κ1) is 18.2. The summed E-state index contributed by atoms with van der Waals surface area (Å²) >= 11 is 0. The number of nitrogens with one attached hydrogen (secondary N) is 1. The van der Waals surface area contributed by atoms with Crippen LogP contribution in [0, 0.1) is 0 Å². The number of fused-ring (bicyclic) bond motifs is 1. The summed E-state index contributed by atoms with van der Waals surface area (Å²) in [6, 6.07) is 14.7. The molecule has 5 rings (SSSR count). The molecule has 0 aliphatic carbocycles. The van der Waals surface area contributed by atoms with Crippen LogP contribution >= 0.6 is 0 Å². The molecule has 152 valence electrons. The Morgan fingerprint density at radius 3 is 2.53 bits per heavy atom. The van der Waals surface area contributed by atoms with Crippen LogP contribution in [0.4, 0.5) is 17.5 Å². The number of carbonyl (C=O) groups excluding carboxylic acids is 1. The second kappa shape index (κ2) is 7.86. The van der Waals surface area contributed by atoms with E-state index >= 15 is 0 Å². The number of carbonyl (C=O) groups is 1. The van der Waals surface area contributed by atoms with Crippen molar-refractivity contribution >= 4 is 23.4 Å². The second-order valence-corrected chi connectivity index (χ2v) is 6.96. The summed E-state index contributed by atoms with van der Waals surface area (Å²) in [5, 5.41) is 11.7. The maximum absolute atomic E-state index is 12.8. The number of pyridine rings is 1. The number of nitrogens with zero attached hydrogens (tertiary/aromatic N) is 5. The highest BCUT2D eigenvalue weighted by Crippen LogP contribution is 2.33. The molecule has 0 saturated carbocycles. The lowest BCUT2D eigenvalue weighted by atomic mass is 10.1. The van der Waals surface area contributed by atoms with Gasteiger partial charge in [-0.25, -0.2) is 4.98 Å². The second-order valence-electron chi connectivity index (χ2n) is 6.96. The van der Waals surface area contributed by atoms with Crippen molar-refractivity contribution in [1.82, 2.24) is 20.1 Å². The van der Waals surface area contributed by atoms with Gasteiger partial charge in [0, 0.05) is 37.9 Å².